The highest BCUT2D eigenvalue weighted by Gasteiger charge is 2.60. The van der Waals surface area contributed by atoms with Gasteiger partial charge < -0.3 is 4.84 Å². The molecule has 1 aromatic carbocycles. The Morgan fingerprint density at radius 1 is 1.39 bits per heavy atom. The lowest BCUT2D eigenvalue weighted by Gasteiger charge is -2.34. The van der Waals surface area contributed by atoms with Crippen molar-refractivity contribution in [2.24, 2.45) is 21.9 Å². The normalized spacial score (nSPS) is 29.7. The zero-order chi connectivity index (χ0) is 16.8. The average molecular weight is 316 g/mol. The van der Waals surface area contributed by atoms with Gasteiger partial charge in [-0.2, -0.15) is 0 Å². The van der Waals surface area contributed by atoms with Crippen molar-refractivity contribution in [3.8, 4) is 0 Å². The Kier molecular flexibility index (Phi) is 3.50. The molecule has 23 heavy (non-hydrogen) atoms. The average Bonchev–Trinajstić information content (AvgIpc) is 2.85. The van der Waals surface area contributed by atoms with E-state index in [0.29, 0.717) is 5.92 Å². The van der Waals surface area contributed by atoms with Crippen LogP contribution in [-0.2, 0) is 4.84 Å². The quantitative estimate of drug-likeness (QED) is 0.480. The summed E-state index contributed by atoms with van der Waals surface area (Å²) in [6, 6.07) is 5.49. The highest BCUT2D eigenvalue weighted by atomic mass is 16.7. The second-order valence-electron chi connectivity index (χ2n) is 7.22. The van der Waals surface area contributed by atoms with Crippen LogP contribution in [-0.4, -0.2) is 16.6 Å². The molecular formula is C17H20N2O4. The van der Waals surface area contributed by atoms with Crippen LogP contribution in [0.15, 0.2) is 29.4 Å². The molecule has 0 radical (unpaired) electrons. The first-order valence-corrected chi connectivity index (χ1v) is 7.79. The number of nitro groups is 1. The summed E-state index contributed by atoms with van der Waals surface area (Å²) in [6.07, 6.45) is 3.09. The summed E-state index contributed by atoms with van der Waals surface area (Å²) in [5, 5.41) is 14.9. The van der Waals surface area contributed by atoms with Crippen molar-refractivity contribution in [2.45, 2.75) is 40.0 Å². The van der Waals surface area contributed by atoms with E-state index >= 15 is 0 Å². The summed E-state index contributed by atoms with van der Waals surface area (Å²) in [6.45, 7) is 6.67. The molecule has 0 amide bonds. The third kappa shape index (κ3) is 2.33. The maximum atomic E-state index is 12.1. The number of carbonyl (C=O) groups is 1. The number of carbonyl (C=O) groups excluding carboxylic acids is 1. The first kappa shape index (κ1) is 15.6. The molecule has 2 fully saturated rings. The first-order valence-electron chi connectivity index (χ1n) is 7.79. The Labute approximate surface area is 134 Å². The Balaban J connectivity index is 1.78. The van der Waals surface area contributed by atoms with Gasteiger partial charge in [-0.1, -0.05) is 32.0 Å². The van der Waals surface area contributed by atoms with Crippen LogP contribution in [0.4, 0.5) is 5.69 Å². The minimum Gasteiger partial charge on any atom is -0.313 e. The van der Waals surface area contributed by atoms with Gasteiger partial charge in [0, 0.05) is 17.5 Å². The molecule has 1 aromatic rings. The summed E-state index contributed by atoms with van der Waals surface area (Å²) in [4.78, 5) is 27.4. The third-order valence-electron chi connectivity index (χ3n) is 6.04. The summed E-state index contributed by atoms with van der Waals surface area (Å²) in [7, 11) is 0. The second-order valence-corrected chi connectivity index (χ2v) is 7.22. The maximum Gasteiger partial charge on any atom is 0.365 e. The number of nitro benzene ring substituents is 1. The molecule has 2 bridgehead atoms. The topological polar surface area (TPSA) is 81.8 Å². The first-order chi connectivity index (χ1) is 10.8. The number of nitrogens with zero attached hydrogens (tertiary/aromatic N) is 2. The van der Waals surface area contributed by atoms with Gasteiger partial charge in [0.05, 0.1) is 16.2 Å². The number of fused-ring (bicyclic) bond motifs is 2. The highest BCUT2D eigenvalue weighted by molar-refractivity contribution is 5.95. The van der Waals surface area contributed by atoms with Gasteiger partial charge in [0.2, 0.25) is 0 Å². The number of oxime groups is 1. The lowest BCUT2D eigenvalue weighted by molar-refractivity contribution is -0.384. The van der Waals surface area contributed by atoms with E-state index in [1.54, 1.807) is 0 Å². The fraction of sp³-hybridized carbons (Fsp3) is 0.529. The molecule has 2 aliphatic carbocycles. The second kappa shape index (κ2) is 5.15. The van der Waals surface area contributed by atoms with Crippen molar-refractivity contribution >= 4 is 17.4 Å². The number of rotatable bonds is 3. The molecular weight excluding hydrogens is 296 g/mol. The van der Waals surface area contributed by atoms with Crippen molar-refractivity contribution in [1.29, 1.82) is 0 Å². The van der Waals surface area contributed by atoms with Gasteiger partial charge in [-0.25, -0.2) is 4.79 Å². The van der Waals surface area contributed by atoms with Gasteiger partial charge in [0.15, 0.2) is 0 Å². The Bertz CT molecular complexity index is 710. The van der Waals surface area contributed by atoms with Gasteiger partial charge in [-0.05, 0) is 36.7 Å². The molecule has 0 spiro atoms. The molecule has 0 aliphatic heterocycles. The fourth-order valence-corrected chi connectivity index (χ4v) is 3.96. The monoisotopic (exact) mass is 316 g/mol. The molecule has 2 saturated carbocycles. The zero-order valence-electron chi connectivity index (χ0n) is 13.5. The maximum absolute atomic E-state index is 12.1. The Hall–Kier alpha value is -2.24. The SMILES string of the molecule is CC1(C)[C@@H]2CC[C@]1(C)/C(=N\OC(=O)c1cccc([N+](=O)[O-])c1)C2. The molecule has 0 heterocycles. The summed E-state index contributed by atoms with van der Waals surface area (Å²) < 4.78 is 0. The molecule has 6 nitrogen and oxygen atoms in total. The van der Waals surface area contributed by atoms with Gasteiger partial charge in [-0.15, -0.1) is 0 Å². The predicted molar refractivity (Wildman–Crippen MR) is 85.2 cm³/mol. The van der Waals surface area contributed by atoms with Gasteiger partial charge in [0.1, 0.15) is 0 Å². The molecule has 122 valence electrons. The molecule has 0 N–H and O–H groups in total. The van der Waals surface area contributed by atoms with Crippen LogP contribution < -0.4 is 0 Å². The molecule has 2 aliphatic rings. The lowest BCUT2D eigenvalue weighted by Crippen LogP contribution is -2.32. The molecule has 3 rings (SSSR count). The summed E-state index contributed by atoms with van der Waals surface area (Å²) in [5.74, 6) is -0.0897. The summed E-state index contributed by atoms with van der Waals surface area (Å²) >= 11 is 0. The van der Waals surface area contributed by atoms with Crippen LogP contribution in [0.3, 0.4) is 0 Å². The van der Waals surface area contributed by atoms with Crippen LogP contribution in [0, 0.1) is 26.9 Å². The standard InChI is InChI=1S/C17H20N2O4/c1-16(2)12-7-8-17(16,3)14(10-12)18-23-15(20)11-5-4-6-13(9-11)19(21)22/h4-6,9,12H,7-8,10H2,1-3H3/b18-14-/t12-,17-/m1/s1. The van der Waals surface area contributed by atoms with E-state index in [0.717, 1.165) is 18.6 Å². The van der Waals surface area contributed by atoms with E-state index in [-0.39, 0.29) is 22.1 Å². The fourth-order valence-electron chi connectivity index (χ4n) is 3.96. The van der Waals surface area contributed by atoms with Crippen molar-refractivity contribution in [3.05, 3.63) is 39.9 Å². The van der Waals surface area contributed by atoms with Crippen molar-refractivity contribution in [3.63, 3.8) is 0 Å². The molecule has 0 saturated heterocycles. The lowest BCUT2D eigenvalue weighted by atomic mass is 9.70. The number of hydrogen-bond donors (Lipinski definition) is 0. The smallest absolute Gasteiger partial charge is 0.313 e. The van der Waals surface area contributed by atoms with Gasteiger partial charge >= 0.3 is 5.97 Å². The predicted octanol–water partition coefficient (Wildman–Crippen LogP) is 3.95. The highest BCUT2D eigenvalue weighted by Crippen LogP contribution is 2.63. The van der Waals surface area contributed by atoms with Gasteiger partial charge in [0.25, 0.3) is 5.69 Å². The van der Waals surface area contributed by atoms with Crippen molar-refractivity contribution in [2.75, 3.05) is 0 Å². The number of hydrogen-bond acceptors (Lipinski definition) is 5. The van der Waals surface area contributed by atoms with E-state index < -0.39 is 10.9 Å². The minimum absolute atomic E-state index is 0.0410. The Morgan fingerprint density at radius 3 is 2.70 bits per heavy atom. The number of non-ortho nitro benzene ring substituents is 1. The van der Waals surface area contributed by atoms with E-state index in [4.69, 9.17) is 4.84 Å². The molecule has 6 heteroatoms. The Morgan fingerprint density at radius 2 is 2.13 bits per heavy atom. The molecule has 0 aromatic heterocycles. The van der Waals surface area contributed by atoms with E-state index in [1.807, 2.05) is 0 Å². The van der Waals surface area contributed by atoms with Crippen LogP contribution in [0.25, 0.3) is 0 Å². The summed E-state index contributed by atoms with van der Waals surface area (Å²) in [5.41, 5.74) is 1.04. The van der Waals surface area contributed by atoms with Crippen LogP contribution >= 0.6 is 0 Å². The van der Waals surface area contributed by atoms with Crippen LogP contribution in [0.1, 0.15) is 50.4 Å². The van der Waals surface area contributed by atoms with Crippen LogP contribution in [0.5, 0.6) is 0 Å². The van der Waals surface area contributed by atoms with Crippen molar-refractivity contribution < 1.29 is 14.6 Å². The third-order valence-corrected chi connectivity index (χ3v) is 6.04. The van der Waals surface area contributed by atoms with Crippen molar-refractivity contribution in [1.82, 2.24) is 0 Å². The van der Waals surface area contributed by atoms with Gasteiger partial charge in [-0.3, -0.25) is 10.1 Å². The largest absolute Gasteiger partial charge is 0.365 e. The van der Waals surface area contributed by atoms with Crippen LogP contribution in [0.2, 0.25) is 0 Å². The zero-order valence-corrected chi connectivity index (χ0v) is 13.5. The van der Waals surface area contributed by atoms with E-state index in [1.165, 1.54) is 30.7 Å². The molecule has 0 unspecified atom stereocenters. The van der Waals surface area contributed by atoms with E-state index in [9.17, 15) is 14.9 Å². The molecule has 2 atom stereocenters. The minimum atomic E-state index is -0.662. The van der Waals surface area contributed by atoms with E-state index in [2.05, 4.69) is 25.9 Å². The number of benzene rings is 1.